The molecule has 0 bridgehead atoms. The van der Waals surface area contributed by atoms with E-state index in [0.29, 0.717) is 27.7 Å². The Kier molecular flexibility index (Phi) is 6.47. The summed E-state index contributed by atoms with van der Waals surface area (Å²) in [6, 6.07) is 12.2. The molecule has 0 spiro atoms. The van der Waals surface area contributed by atoms with Crippen LogP contribution in [0, 0.1) is 5.41 Å². The first-order valence-corrected chi connectivity index (χ1v) is 13.9. The number of hydrogen-bond donors (Lipinski definition) is 1. The molecule has 1 amide bonds. The molecule has 11 heteroatoms. The van der Waals surface area contributed by atoms with Crippen LogP contribution < -0.4 is 4.74 Å². The van der Waals surface area contributed by atoms with E-state index < -0.39 is 10.0 Å². The summed E-state index contributed by atoms with van der Waals surface area (Å²) in [5.74, 6) is 0.630. The van der Waals surface area contributed by atoms with Gasteiger partial charge in [-0.1, -0.05) is 23.7 Å². The van der Waals surface area contributed by atoms with E-state index >= 15 is 0 Å². The number of fused-ring (bicyclic) bond motifs is 1. The smallest absolute Gasteiger partial charge is 0.257 e. The van der Waals surface area contributed by atoms with Gasteiger partial charge in [0, 0.05) is 54.6 Å². The number of amidine groups is 1. The number of carbonyl (C=O) groups is 1. The van der Waals surface area contributed by atoms with Gasteiger partial charge in [-0.05, 0) is 42.1 Å². The number of halogens is 1. The van der Waals surface area contributed by atoms with Gasteiger partial charge in [0.05, 0.1) is 12.7 Å². The van der Waals surface area contributed by atoms with E-state index in [4.69, 9.17) is 21.7 Å². The standard InChI is InChI=1S/C24H25ClN4O4S2/c1-33-20-13-17(23(26)27-7-2-8-27)4-6-19(20)24(30)28-9-11-29(12-10-28)35(31,32)22-14-16-3-5-18(25)15-21(16)34-22/h3-6,13-15,26H,2,7-12H2,1H3. The number of nitrogens with zero attached hydrogens (tertiary/aromatic N) is 3. The SMILES string of the molecule is COc1cc(C(=N)N2CCC2)ccc1C(=O)N1CCN(S(=O)(=O)c2cc3ccc(Cl)cc3s2)CC1. The first-order valence-electron chi connectivity index (χ1n) is 11.3. The normalized spacial score (nSPS) is 16.9. The number of hydrogen-bond acceptors (Lipinski definition) is 6. The van der Waals surface area contributed by atoms with Crippen LogP contribution in [0.15, 0.2) is 46.7 Å². The van der Waals surface area contributed by atoms with Gasteiger partial charge in [-0.3, -0.25) is 10.2 Å². The Bertz CT molecular complexity index is 1410. The molecule has 2 saturated heterocycles. The Hall–Kier alpha value is -2.66. The molecule has 0 saturated carbocycles. The van der Waals surface area contributed by atoms with E-state index in [2.05, 4.69) is 0 Å². The van der Waals surface area contributed by atoms with Gasteiger partial charge in [0.15, 0.2) is 0 Å². The molecule has 8 nitrogen and oxygen atoms in total. The van der Waals surface area contributed by atoms with Crippen molar-refractivity contribution in [2.45, 2.75) is 10.6 Å². The molecular weight excluding hydrogens is 508 g/mol. The maximum absolute atomic E-state index is 13.2. The molecule has 0 unspecified atom stereocenters. The molecule has 2 aromatic carbocycles. The molecular formula is C24H25ClN4O4S2. The fourth-order valence-electron chi connectivity index (χ4n) is 4.27. The van der Waals surface area contributed by atoms with Crippen molar-refractivity contribution in [1.29, 1.82) is 5.41 Å². The fraction of sp³-hybridized carbons (Fsp3) is 0.333. The second kappa shape index (κ2) is 9.42. The molecule has 2 aliphatic rings. The minimum Gasteiger partial charge on any atom is -0.496 e. The lowest BCUT2D eigenvalue weighted by Crippen LogP contribution is -2.50. The highest BCUT2D eigenvalue weighted by Crippen LogP contribution is 2.33. The molecule has 5 rings (SSSR count). The zero-order valence-corrected chi connectivity index (χ0v) is 21.5. The van der Waals surface area contributed by atoms with Crippen LogP contribution >= 0.6 is 22.9 Å². The molecule has 1 N–H and O–H groups in total. The molecule has 0 atom stereocenters. The van der Waals surface area contributed by atoms with Gasteiger partial charge in [0.2, 0.25) is 0 Å². The topological polar surface area (TPSA) is 94.0 Å². The van der Waals surface area contributed by atoms with Gasteiger partial charge < -0.3 is 14.5 Å². The van der Waals surface area contributed by atoms with Crippen LogP contribution in [-0.4, -0.2) is 80.6 Å². The van der Waals surface area contributed by atoms with E-state index in [-0.39, 0.29) is 36.3 Å². The lowest BCUT2D eigenvalue weighted by molar-refractivity contribution is 0.0694. The van der Waals surface area contributed by atoms with Crippen molar-refractivity contribution >= 4 is 54.8 Å². The van der Waals surface area contributed by atoms with Crippen molar-refractivity contribution in [2.75, 3.05) is 46.4 Å². The van der Waals surface area contributed by atoms with Gasteiger partial charge in [-0.15, -0.1) is 11.3 Å². The number of thiophene rings is 1. The van der Waals surface area contributed by atoms with Crippen LogP contribution in [0.5, 0.6) is 5.75 Å². The first kappa shape index (κ1) is 24.1. The quantitative estimate of drug-likeness (QED) is 0.399. The van der Waals surface area contributed by atoms with Crippen molar-refractivity contribution in [2.24, 2.45) is 0 Å². The molecule has 184 valence electrons. The fourth-order valence-corrected chi connectivity index (χ4v) is 7.53. The lowest BCUT2D eigenvalue weighted by atomic mass is 10.1. The van der Waals surface area contributed by atoms with Crippen molar-refractivity contribution in [1.82, 2.24) is 14.1 Å². The molecule has 3 heterocycles. The lowest BCUT2D eigenvalue weighted by Gasteiger charge is -2.34. The summed E-state index contributed by atoms with van der Waals surface area (Å²) in [6.07, 6.45) is 1.08. The maximum Gasteiger partial charge on any atom is 0.257 e. The third-order valence-corrected chi connectivity index (χ3v) is 10.1. The van der Waals surface area contributed by atoms with Crippen LogP contribution in [-0.2, 0) is 10.0 Å². The Morgan fingerprint density at radius 3 is 2.40 bits per heavy atom. The Morgan fingerprint density at radius 1 is 1.00 bits per heavy atom. The van der Waals surface area contributed by atoms with E-state index in [0.717, 1.165) is 29.6 Å². The number of benzene rings is 2. The number of ether oxygens (including phenoxy) is 1. The van der Waals surface area contributed by atoms with Gasteiger partial charge in [0.25, 0.3) is 15.9 Å². The number of amides is 1. The summed E-state index contributed by atoms with van der Waals surface area (Å²) in [4.78, 5) is 16.9. The highest BCUT2D eigenvalue weighted by Gasteiger charge is 2.32. The summed E-state index contributed by atoms with van der Waals surface area (Å²) < 4.78 is 34.5. The number of carbonyl (C=O) groups excluding carboxylic acids is 1. The van der Waals surface area contributed by atoms with Gasteiger partial charge in [0.1, 0.15) is 15.8 Å². The molecule has 3 aromatic rings. The van der Waals surface area contributed by atoms with Crippen molar-refractivity contribution in [3.8, 4) is 5.75 Å². The summed E-state index contributed by atoms with van der Waals surface area (Å²) in [6.45, 7) is 2.72. The molecule has 35 heavy (non-hydrogen) atoms. The number of rotatable bonds is 5. The monoisotopic (exact) mass is 532 g/mol. The Labute approximate surface area is 213 Å². The van der Waals surface area contributed by atoms with Crippen LogP contribution in [0.3, 0.4) is 0 Å². The second-order valence-corrected chi connectivity index (χ2v) is 12.2. The summed E-state index contributed by atoms with van der Waals surface area (Å²) >= 11 is 7.24. The van der Waals surface area contributed by atoms with E-state index in [9.17, 15) is 13.2 Å². The number of piperazine rings is 1. The predicted octanol–water partition coefficient (Wildman–Crippen LogP) is 3.74. The number of methoxy groups -OCH3 is 1. The number of sulfonamides is 1. The van der Waals surface area contributed by atoms with Crippen LogP contribution in [0.4, 0.5) is 0 Å². The number of likely N-dealkylation sites (tertiary alicyclic amines) is 1. The van der Waals surface area contributed by atoms with E-state index in [1.54, 1.807) is 41.3 Å². The van der Waals surface area contributed by atoms with Crippen molar-refractivity contribution in [3.63, 3.8) is 0 Å². The molecule has 2 fully saturated rings. The first-order chi connectivity index (χ1) is 16.8. The van der Waals surface area contributed by atoms with Gasteiger partial charge >= 0.3 is 0 Å². The molecule has 1 aromatic heterocycles. The highest BCUT2D eigenvalue weighted by molar-refractivity contribution is 7.91. The van der Waals surface area contributed by atoms with Gasteiger partial charge in [-0.2, -0.15) is 4.31 Å². The Morgan fingerprint density at radius 2 is 1.74 bits per heavy atom. The average molecular weight is 533 g/mol. The minimum absolute atomic E-state index is 0.211. The predicted molar refractivity (Wildman–Crippen MR) is 138 cm³/mol. The van der Waals surface area contributed by atoms with E-state index in [1.165, 1.54) is 22.8 Å². The number of nitrogens with one attached hydrogen (secondary N) is 1. The highest BCUT2D eigenvalue weighted by atomic mass is 35.5. The largest absolute Gasteiger partial charge is 0.496 e. The molecule has 2 aliphatic heterocycles. The summed E-state index contributed by atoms with van der Waals surface area (Å²) in [5, 5.41) is 9.74. The maximum atomic E-state index is 13.2. The third-order valence-electron chi connectivity index (χ3n) is 6.46. The van der Waals surface area contributed by atoms with Crippen LogP contribution in [0.1, 0.15) is 22.3 Å². The average Bonchev–Trinajstić information content (AvgIpc) is 3.26. The second-order valence-electron chi connectivity index (χ2n) is 8.55. The minimum atomic E-state index is -3.67. The van der Waals surface area contributed by atoms with Crippen molar-refractivity contribution < 1.29 is 17.9 Å². The van der Waals surface area contributed by atoms with Crippen molar-refractivity contribution in [3.05, 3.63) is 58.6 Å². The third kappa shape index (κ3) is 4.51. The van der Waals surface area contributed by atoms with Crippen LogP contribution in [0.2, 0.25) is 5.02 Å². The zero-order valence-electron chi connectivity index (χ0n) is 19.2. The van der Waals surface area contributed by atoms with Gasteiger partial charge in [-0.25, -0.2) is 8.42 Å². The zero-order chi connectivity index (χ0) is 24.7. The summed E-state index contributed by atoms with van der Waals surface area (Å²) in [7, 11) is -2.16. The van der Waals surface area contributed by atoms with E-state index in [1.807, 2.05) is 11.0 Å². The summed E-state index contributed by atoms with van der Waals surface area (Å²) in [5.41, 5.74) is 1.11. The molecule has 0 aliphatic carbocycles. The van der Waals surface area contributed by atoms with Crippen LogP contribution in [0.25, 0.3) is 10.1 Å². The Balaban J connectivity index is 1.29. The molecule has 0 radical (unpaired) electrons.